The number of hydrogen-bond donors (Lipinski definition) is 4. The van der Waals surface area contributed by atoms with Gasteiger partial charge in [0.05, 0.1) is 6.42 Å². The van der Waals surface area contributed by atoms with Crippen LogP contribution in [-0.2, 0) is 19.2 Å². The molecule has 0 aromatic rings. The Bertz CT molecular complexity index is 575. The molecule has 3 amide bonds. The van der Waals surface area contributed by atoms with Gasteiger partial charge in [-0.25, -0.2) is 0 Å². The largest absolute Gasteiger partial charge is 0.481 e. The highest BCUT2D eigenvalue weighted by Gasteiger charge is 2.32. The van der Waals surface area contributed by atoms with Gasteiger partial charge in [0, 0.05) is 19.9 Å². The maximum atomic E-state index is 12.9. The summed E-state index contributed by atoms with van der Waals surface area (Å²) in [5.74, 6) is -1.42. The topological polar surface area (TPSA) is 128 Å². The number of nitrogens with one attached hydrogen (secondary N) is 3. The Morgan fingerprint density at radius 1 is 1.07 bits per heavy atom. The maximum Gasteiger partial charge on any atom is 0.307 e. The quantitative estimate of drug-likeness (QED) is 0.434. The van der Waals surface area contributed by atoms with Crippen molar-refractivity contribution in [1.29, 1.82) is 0 Å². The van der Waals surface area contributed by atoms with E-state index in [1.54, 1.807) is 4.90 Å². The SMILES string of the molecule is CC(=O)N[C@H](CC(=O)O)NC(=O)[C@H]1CCCCCN1C(=O)CCC1CCNCC1. The molecule has 2 fully saturated rings. The molecular formula is C20H34N4O5. The summed E-state index contributed by atoms with van der Waals surface area (Å²) in [7, 11) is 0. The van der Waals surface area contributed by atoms with Crippen molar-refractivity contribution in [3.05, 3.63) is 0 Å². The van der Waals surface area contributed by atoms with Gasteiger partial charge in [-0.15, -0.1) is 0 Å². The minimum absolute atomic E-state index is 0.0140. The molecule has 0 aromatic heterocycles. The van der Waals surface area contributed by atoms with Gasteiger partial charge in [0.15, 0.2) is 0 Å². The Labute approximate surface area is 172 Å². The Balaban J connectivity index is 1.99. The number of likely N-dealkylation sites (tertiary alicyclic amines) is 1. The van der Waals surface area contributed by atoms with Crippen LogP contribution >= 0.6 is 0 Å². The van der Waals surface area contributed by atoms with Crippen LogP contribution < -0.4 is 16.0 Å². The molecule has 0 aliphatic carbocycles. The number of carboxylic acid groups (broad SMARTS) is 1. The molecule has 0 spiro atoms. The number of aliphatic carboxylic acids is 1. The van der Waals surface area contributed by atoms with Gasteiger partial charge in [-0.05, 0) is 51.1 Å². The van der Waals surface area contributed by atoms with Crippen LogP contribution in [0.25, 0.3) is 0 Å². The van der Waals surface area contributed by atoms with E-state index >= 15 is 0 Å². The van der Waals surface area contributed by atoms with E-state index in [0.717, 1.165) is 51.6 Å². The summed E-state index contributed by atoms with van der Waals surface area (Å²) in [5, 5.41) is 17.4. The zero-order valence-electron chi connectivity index (χ0n) is 17.2. The van der Waals surface area contributed by atoms with Crippen LogP contribution in [0.5, 0.6) is 0 Å². The molecule has 2 atom stereocenters. The minimum Gasteiger partial charge on any atom is -0.481 e. The predicted molar refractivity (Wildman–Crippen MR) is 107 cm³/mol. The smallest absolute Gasteiger partial charge is 0.307 e. The average Bonchev–Trinajstić information content (AvgIpc) is 2.92. The summed E-state index contributed by atoms with van der Waals surface area (Å²) >= 11 is 0. The second-order valence-electron chi connectivity index (χ2n) is 8.04. The first-order valence-corrected chi connectivity index (χ1v) is 10.7. The fraction of sp³-hybridized carbons (Fsp3) is 0.800. The number of carboxylic acids is 1. The lowest BCUT2D eigenvalue weighted by Crippen LogP contribution is -2.55. The van der Waals surface area contributed by atoms with Crippen molar-refractivity contribution in [2.24, 2.45) is 5.92 Å². The Morgan fingerprint density at radius 3 is 2.45 bits per heavy atom. The van der Waals surface area contributed by atoms with Crippen molar-refractivity contribution in [3.63, 3.8) is 0 Å². The second kappa shape index (κ2) is 11.7. The van der Waals surface area contributed by atoms with E-state index in [0.29, 0.717) is 25.3 Å². The first kappa shape index (κ1) is 23.1. The van der Waals surface area contributed by atoms with Crippen LogP contribution in [0.2, 0.25) is 0 Å². The predicted octanol–water partition coefficient (Wildman–Crippen LogP) is 0.591. The Hall–Kier alpha value is -2.16. The van der Waals surface area contributed by atoms with E-state index in [1.807, 2.05) is 0 Å². The Kier molecular flexibility index (Phi) is 9.37. The second-order valence-corrected chi connectivity index (χ2v) is 8.04. The van der Waals surface area contributed by atoms with E-state index in [4.69, 9.17) is 5.11 Å². The molecule has 9 nitrogen and oxygen atoms in total. The third-order valence-corrected chi connectivity index (χ3v) is 5.67. The number of hydrogen-bond acceptors (Lipinski definition) is 5. The molecule has 9 heteroatoms. The standard InChI is InChI=1S/C20H34N4O5/c1-14(25)22-17(13-19(27)28)23-20(29)16-5-3-2-4-12-24(16)18(26)7-6-15-8-10-21-11-9-15/h15-17,21H,2-13H2,1H3,(H,22,25)(H,23,29)(H,27,28)/t16-,17+/m1/s1. The molecule has 0 aromatic carbocycles. The van der Waals surface area contributed by atoms with Crippen molar-refractivity contribution in [2.75, 3.05) is 19.6 Å². The summed E-state index contributed by atoms with van der Waals surface area (Å²) < 4.78 is 0. The van der Waals surface area contributed by atoms with E-state index in [9.17, 15) is 19.2 Å². The summed E-state index contributed by atoms with van der Waals surface area (Å²) in [4.78, 5) is 49.8. The highest BCUT2D eigenvalue weighted by molar-refractivity contribution is 5.88. The van der Waals surface area contributed by atoms with Crippen molar-refractivity contribution in [1.82, 2.24) is 20.9 Å². The summed E-state index contributed by atoms with van der Waals surface area (Å²) in [5.41, 5.74) is 0. The minimum atomic E-state index is -1.13. The molecule has 0 saturated carbocycles. The molecule has 4 N–H and O–H groups in total. The summed E-state index contributed by atoms with van der Waals surface area (Å²) in [6, 6.07) is -0.622. The van der Waals surface area contributed by atoms with Gasteiger partial charge in [-0.3, -0.25) is 19.2 Å². The van der Waals surface area contributed by atoms with Crippen LogP contribution in [0.4, 0.5) is 0 Å². The first-order chi connectivity index (χ1) is 13.9. The fourth-order valence-electron chi connectivity index (χ4n) is 4.15. The molecule has 2 aliphatic rings. The third kappa shape index (κ3) is 8.00. The zero-order chi connectivity index (χ0) is 21.2. The number of rotatable bonds is 8. The highest BCUT2D eigenvalue weighted by atomic mass is 16.4. The molecule has 164 valence electrons. The molecular weight excluding hydrogens is 376 g/mol. The van der Waals surface area contributed by atoms with Gasteiger partial charge in [0.2, 0.25) is 17.7 Å². The van der Waals surface area contributed by atoms with Gasteiger partial charge >= 0.3 is 5.97 Å². The number of carbonyl (C=O) groups is 4. The van der Waals surface area contributed by atoms with Crippen molar-refractivity contribution in [2.45, 2.75) is 76.9 Å². The van der Waals surface area contributed by atoms with E-state index in [2.05, 4.69) is 16.0 Å². The molecule has 29 heavy (non-hydrogen) atoms. The summed E-state index contributed by atoms with van der Waals surface area (Å²) in [6.45, 7) is 3.78. The van der Waals surface area contributed by atoms with E-state index in [1.165, 1.54) is 6.92 Å². The van der Waals surface area contributed by atoms with E-state index in [-0.39, 0.29) is 5.91 Å². The van der Waals surface area contributed by atoms with Gasteiger partial charge in [-0.2, -0.15) is 0 Å². The fourth-order valence-corrected chi connectivity index (χ4v) is 4.15. The van der Waals surface area contributed by atoms with Crippen molar-refractivity contribution >= 4 is 23.7 Å². The maximum absolute atomic E-state index is 12.9. The van der Waals surface area contributed by atoms with Gasteiger partial charge in [0.25, 0.3) is 0 Å². The first-order valence-electron chi connectivity index (χ1n) is 10.7. The van der Waals surface area contributed by atoms with Gasteiger partial charge in [0.1, 0.15) is 12.2 Å². The molecule has 0 bridgehead atoms. The Morgan fingerprint density at radius 2 is 1.79 bits per heavy atom. The zero-order valence-corrected chi connectivity index (χ0v) is 17.2. The molecule has 0 radical (unpaired) electrons. The lowest BCUT2D eigenvalue weighted by Gasteiger charge is -2.31. The van der Waals surface area contributed by atoms with Crippen molar-refractivity contribution < 1.29 is 24.3 Å². The van der Waals surface area contributed by atoms with Gasteiger partial charge in [-0.1, -0.05) is 12.8 Å². The lowest BCUT2D eigenvalue weighted by molar-refractivity contribution is -0.142. The number of nitrogens with zero attached hydrogens (tertiary/aromatic N) is 1. The third-order valence-electron chi connectivity index (χ3n) is 5.67. The number of amides is 3. The number of carbonyl (C=O) groups excluding carboxylic acids is 3. The molecule has 0 unspecified atom stereocenters. The molecule has 2 heterocycles. The van der Waals surface area contributed by atoms with Gasteiger partial charge < -0.3 is 26.0 Å². The van der Waals surface area contributed by atoms with Crippen LogP contribution in [0.15, 0.2) is 0 Å². The molecule has 2 saturated heterocycles. The lowest BCUT2D eigenvalue weighted by atomic mass is 9.93. The number of piperidine rings is 1. The highest BCUT2D eigenvalue weighted by Crippen LogP contribution is 2.22. The summed E-state index contributed by atoms with van der Waals surface area (Å²) in [6.07, 6.45) is 5.19. The monoisotopic (exact) mass is 410 g/mol. The van der Waals surface area contributed by atoms with Crippen LogP contribution in [0.3, 0.4) is 0 Å². The van der Waals surface area contributed by atoms with Crippen LogP contribution in [-0.4, -0.2) is 65.5 Å². The van der Waals surface area contributed by atoms with E-state index < -0.39 is 36.4 Å². The normalized spacial score (nSPS) is 21.7. The average molecular weight is 411 g/mol. The van der Waals surface area contributed by atoms with Crippen molar-refractivity contribution in [3.8, 4) is 0 Å². The van der Waals surface area contributed by atoms with Crippen LogP contribution in [0.1, 0.15) is 64.7 Å². The molecule has 2 aliphatic heterocycles. The van der Waals surface area contributed by atoms with Crippen LogP contribution in [0, 0.1) is 5.92 Å². The molecule has 2 rings (SSSR count).